The van der Waals surface area contributed by atoms with E-state index in [1.807, 2.05) is 61.5 Å². The molecule has 0 aromatic heterocycles. The van der Waals surface area contributed by atoms with E-state index in [0.29, 0.717) is 42.3 Å². The summed E-state index contributed by atoms with van der Waals surface area (Å²) in [7, 11) is 1.61. The van der Waals surface area contributed by atoms with Gasteiger partial charge in [-0.15, -0.1) is 0 Å². The molecular weight excluding hydrogens is 519 g/mol. The Hall–Kier alpha value is -4.65. The monoisotopic (exact) mass is 550 g/mol. The van der Waals surface area contributed by atoms with E-state index in [9.17, 15) is 14.0 Å². The molecule has 0 fully saturated rings. The summed E-state index contributed by atoms with van der Waals surface area (Å²) in [6.45, 7) is 3.24. The fraction of sp³-hybridized carbons (Fsp3) is 0.235. The first-order valence-corrected chi connectivity index (χ1v) is 13.8. The van der Waals surface area contributed by atoms with Gasteiger partial charge in [0.25, 0.3) is 11.8 Å². The third-order valence-electron chi connectivity index (χ3n) is 7.77. The van der Waals surface area contributed by atoms with Crippen molar-refractivity contribution in [3.8, 4) is 11.5 Å². The normalized spacial score (nSPS) is 14.7. The summed E-state index contributed by atoms with van der Waals surface area (Å²) < 4.78 is 25.5. The number of ether oxygens (including phenoxy) is 2. The maximum atomic E-state index is 13.7. The number of nitrogens with zero attached hydrogens (tertiary/aromatic N) is 2. The molecule has 0 saturated carbocycles. The highest BCUT2D eigenvalue weighted by Gasteiger charge is 2.31. The van der Waals surface area contributed by atoms with Gasteiger partial charge in [-0.1, -0.05) is 48.5 Å². The second-order valence-electron chi connectivity index (χ2n) is 10.6. The van der Waals surface area contributed by atoms with Crippen LogP contribution in [-0.4, -0.2) is 29.9 Å². The number of anilines is 1. The minimum atomic E-state index is -0.420. The zero-order valence-corrected chi connectivity index (χ0v) is 23.1. The summed E-state index contributed by atoms with van der Waals surface area (Å²) in [5.74, 6) is 0.488. The van der Waals surface area contributed by atoms with Crippen LogP contribution in [0.2, 0.25) is 0 Å². The summed E-state index contributed by atoms with van der Waals surface area (Å²) in [4.78, 5) is 29.8. The van der Waals surface area contributed by atoms with Crippen molar-refractivity contribution in [1.29, 1.82) is 0 Å². The van der Waals surface area contributed by atoms with Crippen LogP contribution in [0, 0.1) is 5.82 Å². The van der Waals surface area contributed by atoms with Crippen LogP contribution in [0.15, 0.2) is 84.9 Å². The third kappa shape index (κ3) is 5.40. The summed E-state index contributed by atoms with van der Waals surface area (Å²) >= 11 is 0. The lowest BCUT2D eigenvalue weighted by atomic mass is 10.1. The molecule has 0 saturated heterocycles. The fourth-order valence-corrected chi connectivity index (χ4v) is 5.55. The van der Waals surface area contributed by atoms with Crippen LogP contribution in [0.4, 0.5) is 10.1 Å². The fourth-order valence-electron chi connectivity index (χ4n) is 5.55. The molecule has 1 unspecified atom stereocenters. The predicted octanol–water partition coefficient (Wildman–Crippen LogP) is 6.55. The summed E-state index contributed by atoms with van der Waals surface area (Å²) in [6, 6.07) is 25.9. The lowest BCUT2D eigenvalue weighted by Gasteiger charge is -2.21. The van der Waals surface area contributed by atoms with E-state index in [-0.39, 0.29) is 17.9 Å². The SMILES string of the molecule is COc1ccc(N2Cc3ccc(CN4Cc5ccc(F)cc5C4=O)cc3C2=O)cc1OC(C)CCc1ccccc1. The molecular formula is C34H31FN2O4. The van der Waals surface area contributed by atoms with Crippen LogP contribution in [0.25, 0.3) is 0 Å². The molecule has 1 atom stereocenters. The first-order chi connectivity index (χ1) is 19.9. The minimum absolute atomic E-state index is 0.0516. The van der Waals surface area contributed by atoms with Crippen molar-refractivity contribution in [3.63, 3.8) is 0 Å². The molecule has 4 aromatic carbocycles. The summed E-state index contributed by atoms with van der Waals surface area (Å²) in [6.07, 6.45) is 1.69. The molecule has 6 nitrogen and oxygen atoms in total. The van der Waals surface area contributed by atoms with Crippen LogP contribution in [-0.2, 0) is 26.1 Å². The molecule has 6 rings (SSSR count). The summed E-state index contributed by atoms with van der Waals surface area (Å²) in [5, 5.41) is 0. The van der Waals surface area contributed by atoms with Gasteiger partial charge in [-0.05, 0) is 72.4 Å². The molecule has 2 amide bonds. The van der Waals surface area contributed by atoms with Crippen molar-refractivity contribution in [3.05, 3.63) is 124 Å². The van der Waals surface area contributed by atoms with E-state index in [4.69, 9.17) is 9.47 Å². The molecule has 7 heteroatoms. The average molecular weight is 551 g/mol. The van der Waals surface area contributed by atoms with Crippen LogP contribution >= 0.6 is 0 Å². The zero-order valence-electron chi connectivity index (χ0n) is 23.1. The molecule has 0 radical (unpaired) electrons. The van der Waals surface area contributed by atoms with Crippen molar-refractivity contribution in [1.82, 2.24) is 4.90 Å². The van der Waals surface area contributed by atoms with Crippen molar-refractivity contribution in [2.45, 2.75) is 45.5 Å². The van der Waals surface area contributed by atoms with Gasteiger partial charge in [-0.2, -0.15) is 0 Å². The number of aryl methyl sites for hydroxylation is 1. The lowest BCUT2D eigenvalue weighted by molar-refractivity contribution is 0.0766. The molecule has 41 heavy (non-hydrogen) atoms. The van der Waals surface area contributed by atoms with E-state index in [1.54, 1.807) is 23.0 Å². The van der Waals surface area contributed by atoms with E-state index >= 15 is 0 Å². The smallest absolute Gasteiger partial charge is 0.258 e. The number of fused-ring (bicyclic) bond motifs is 2. The molecule has 2 aliphatic heterocycles. The Kier molecular flexibility index (Phi) is 7.18. The Morgan fingerprint density at radius 1 is 0.805 bits per heavy atom. The lowest BCUT2D eigenvalue weighted by Crippen LogP contribution is -2.24. The molecule has 0 spiro atoms. The van der Waals surface area contributed by atoms with Crippen LogP contribution < -0.4 is 14.4 Å². The number of hydrogen-bond donors (Lipinski definition) is 0. The standard InChI is InChI=1S/C34H31FN2O4/c1-22(8-9-23-6-4-3-5-7-23)41-32-18-28(14-15-31(32)40-2)37-21-26-11-10-24(16-29(26)34(37)39)19-36-20-25-12-13-27(35)17-30(25)33(36)38/h3-7,10-18,22H,8-9,19-21H2,1-2H3. The van der Waals surface area contributed by atoms with E-state index in [2.05, 4.69) is 12.1 Å². The van der Waals surface area contributed by atoms with Gasteiger partial charge in [0.15, 0.2) is 11.5 Å². The highest BCUT2D eigenvalue weighted by Crippen LogP contribution is 2.37. The van der Waals surface area contributed by atoms with Gasteiger partial charge in [-0.25, -0.2) is 4.39 Å². The van der Waals surface area contributed by atoms with Gasteiger partial charge in [0, 0.05) is 36.0 Å². The number of halogens is 1. The first kappa shape index (κ1) is 26.6. The Morgan fingerprint density at radius 3 is 2.37 bits per heavy atom. The number of amides is 2. The van der Waals surface area contributed by atoms with Crippen molar-refractivity contribution < 1.29 is 23.5 Å². The van der Waals surface area contributed by atoms with Gasteiger partial charge >= 0.3 is 0 Å². The predicted molar refractivity (Wildman–Crippen MR) is 155 cm³/mol. The zero-order chi connectivity index (χ0) is 28.5. The third-order valence-corrected chi connectivity index (χ3v) is 7.77. The second kappa shape index (κ2) is 11.1. The number of benzene rings is 4. The number of carbonyl (C=O) groups excluding carboxylic acids is 2. The van der Waals surface area contributed by atoms with Crippen LogP contribution in [0.3, 0.4) is 0 Å². The Bertz CT molecular complexity index is 1620. The summed E-state index contributed by atoms with van der Waals surface area (Å²) in [5.41, 5.74) is 5.60. The maximum absolute atomic E-state index is 13.7. The maximum Gasteiger partial charge on any atom is 0.258 e. The van der Waals surface area contributed by atoms with E-state index in [0.717, 1.165) is 35.2 Å². The topological polar surface area (TPSA) is 59.1 Å². The van der Waals surface area contributed by atoms with Crippen LogP contribution in [0.5, 0.6) is 11.5 Å². The van der Waals surface area contributed by atoms with Gasteiger partial charge in [-0.3, -0.25) is 9.59 Å². The van der Waals surface area contributed by atoms with E-state index < -0.39 is 5.82 Å². The largest absolute Gasteiger partial charge is 0.493 e. The first-order valence-electron chi connectivity index (χ1n) is 13.8. The minimum Gasteiger partial charge on any atom is -0.493 e. The number of rotatable bonds is 9. The van der Waals surface area contributed by atoms with Crippen molar-refractivity contribution in [2.24, 2.45) is 0 Å². The molecule has 0 bridgehead atoms. The van der Waals surface area contributed by atoms with Crippen LogP contribution in [0.1, 0.15) is 56.3 Å². The Morgan fingerprint density at radius 2 is 1.56 bits per heavy atom. The molecule has 2 heterocycles. The number of methoxy groups -OCH3 is 1. The van der Waals surface area contributed by atoms with Gasteiger partial charge in [0.1, 0.15) is 5.82 Å². The molecule has 0 aliphatic carbocycles. The van der Waals surface area contributed by atoms with Crippen molar-refractivity contribution in [2.75, 3.05) is 12.0 Å². The highest BCUT2D eigenvalue weighted by atomic mass is 19.1. The van der Waals surface area contributed by atoms with Gasteiger partial charge < -0.3 is 19.3 Å². The van der Waals surface area contributed by atoms with Crippen molar-refractivity contribution >= 4 is 17.5 Å². The Labute approximate surface area is 238 Å². The molecule has 2 aliphatic rings. The highest BCUT2D eigenvalue weighted by molar-refractivity contribution is 6.10. The molecule has 0 N–H and O–H groups in total. The van der Waals surface area contributed by atoms with Gasteiger partial charge in [0.2, 0.25) is 0 Å². The average Bonchev–Trinajstić information content (AvgIpc) is 3.48. The molecule has 4 aromatic rings. The Balaban J connectivity index is 1.15. The number of carbonyl (C=O) groups is 2. The van der Waals surface area contributed by atoms with Gasteiger partial charge in [0.05, 0.1) is 19.8 Å². The molecule has 208 valence electrons. The second-order valence-corrected chi connectivity index (χ2v) is 10.6. The van der Waals surface area contributed by atoms with E-state index in [1.165, 1.54) is 17.7 Å². The number of hydrogen-bond acceptors (Lipinski definition) is 4. The quantitative estimate of drug-likeness (QED) is 0.237.